The van der Waals surface area contributed by atoms with E-state index in [0.29, 0.717) is 45.0 Å². The van der Waals surface area contributed by atoms with Gasteiger partial charge in [-0.05, 0) is 12.1 Å². The zero-order valence-electron chi connectivity index (χ0n) is 12.6. The van der Waals surface area contributed by atoms with Crippen LogP contribution in [0.4, 0.5) is 11.5 Å². The number of nitrogen functional groups attached to an aromatic ring is 1. The summed E-state index contributed by atoms with van der Waals surface area (Å²) in [5.74, 6) is 0.837. The first-order valence-electron chi connectivity index (χ1n) is 7.20. The lowest BCUT2D eigenvalue weighted by Gasteiger charge is -2.36. The summed E-state index contributed by atoms with van der Waals surface area (Å²) < 4.78 is 27.9. The van der Waals surface area contributed by atoms with E-state index in [-0.39, 0.29) is 0 Å². The van der Waals surface area contributed by atoms with E-state index in [2.05, 4.69) is 9.88 Å². The van der Waals surface area contributed by atoms with E-state index < -0.39 is 10.2 Å². The van der Waals surface area contributed by atoms with Crippen molar-refractivity contribution in [3.8, 4) is 0 Å². The zero-order valence-corrected chi connectivity index (χ0v) is 13.4. The standard InChI is InChI=1S/C13H23N5O2S/c1-3-17(4-2)21(19,20)18-9-7-16(8-10-18)13-6-5-12(14)11-15-13/h5-6,11H,3-4,7-10,14H2,1-2H3. The van der Waals surface area contributed by atoms with Crippen LogP contribution < -0.4 is 10.6 Å². The molecule has 118 valence electrons. The second kappa shape index (κ2) is 6.59. The Bertz CT molecular complexity index is 548. The number of pyridine rings is 1. The summed E-state index contributed by atoms with van der Waals surface area (Å²) in [5, 5.41) is 0. The van der Waals surface area contributed by atoms with Gasteiger partial charge in [0.05, 0.1) is 11.9 Å². The first kappa shape index (κ1) is 16.0. The molecule has 1 saturated heterocycles. The molecule has 0 spiro atoms. The maximum Gasteiger partial charge on any atom is 0.282 e. The van der Waals surface area contributed by atoms with Crippen molar-refractivity contribution < 1.29 is 8.42 Å². The van der Waals surface area contributed by atoms with Gasteiger partial charge in [0, 0.05) is 39.3 Å². The van der Waals surface area contributed by atoms with Crippen LogP contribution in [-0.2, 0) is 10.2 Å². The molecule has 21 heavy (non-hydrogen) atoms. The molecule has 1 aromatic heterocycles. The van der Waals surface area contributed by atoms with Crippen LogP contribution in [0.1, 0.15) is 13.8 Å². The number of anilines is 2. The van der Waals surface area contributed by atoms with Crippen molar-refractivity contribution >= 4 is 21.7 Å². The highest BCUT2D eigenvalue weighted by Crippen LogP contribution is 2.17. The Labute approximate surface area is 126 Å². The minimum absolute atomic E-state index is 0.477. The van der Waals surface area contributed by atoms with Crippen LogP contribution in [0.5, 0.6) is 0 Å². The molecule has 7 nitrogen and oxygen atoms in total. The number of hydrogen-bond acceptors (Lipinski definition) is 5. The van der Waals surface area contributed by atoms with Crippen molar-refractivity contribution in [1.29, 1.82) is 0 Å². The molecule has 0 amide bonds. The Kier molecular flexibility index (Phi) is 5.02. The van der Waals surface area contributed by atoms with E-state index in [9.17, 15) is 8.42 Å². The van der Waals surface area contributed by atoms with E-state index in [1.54, 1.807) is 16.6 Å². The molecule has 0 radical (unpaired) electrons. The molecule has 2 N–H and O–H groups in total. The smallest absolute Gasteiger partial charge is 0.282 e. The van der Waals surface area contributed by atoms with Crippen LogP contribution in [0.25, 0.3) is 0 Å². The second-order valence-corrected chi connectivity index (χ2v) is 6.86. The topological polar surface area (TPSA) is 82.8 Å². The summed E-state index contributed by atoms with van der Waals surface area (Å²) in [4.78, 5) is 6.36. The molecule has 2 rings (SSSR count). The maximum atomic E-state index is 12.4. The molecule has 0 bridgehead atoms. The van der Waals surface area contributed by atoms with E-state index >= 15 is 0 Å². The van der Waals surface area contributed by atoms with Gasteiger partial charge < -0.3 is 10.6 Å². The lowest BCUT2D eigenvalue weighted by Crippen LogP contribution is -2.53. The van der Waals surface area contributed by atoms with Crippen molar-refractivity contribution in [2.45, 2.75) is 13.8 Å². The van der Waals surface area contributed by atoms with Gasteiger partial charge in [0.2, 0.25) is 0 Å². The van der Waals surface area contributed by atoms with E-state index in [4.69, 9.17) is 5.73 Å². The highest BCUT2D eigenvalue weighted by Gasteiger charge is 2.30. The maximum absolute atomic E-state index is 12.4. The lowest BCUT2D eigenvalue weighted by molar-refractivity contribution is 0.333. The summed E-state index contributed by atoms with van der Waals surface area (Å²) in [5.41, 5.74) is 6.25. The SMILES string of the molecule is CCN(CC)S(=O)(=O)N1CCN(c2ccc(N)cn2)CC1. The average molecular weight is 313 g/mol. The number of hydrogen-bond donors (Lipinski definition) is 1. The Morgan fingerprint density at radius 1 is 1.19 bits per heavy atom. The van der Waals surface area contributed by atoms with Crippen LogP contribution in [0.3, 0.4) is 0 Å². The van der Waals surface area contributed by atoms with Crippen molar-refractivity contribution in [1.82, 2.24) is 13.6 Å². The van der Waals surface area contributed by atoms with Gasteiger partial charge in [-0.3, -0.25) is 0 Å². The number of piperazine rings is 1. The molecule has 1 aromatic rings. The Hall–Kier alpha value is -1.38. The van der Waals surface area contributed by atoms with Gasteiger partial charge in [0.25, 0.3) is 10.2 Å². The second-order valence-electron chi connectivity index (χ2n) is 4.93. The molecule has 1 aliphatic heterocycles. The largest absolute Gasteiger partial charge is 0.397 e. The number of aromatic nitrogens is 1. The van der Waals surface area contributed by atoms with Gasteiger partial charge in [0.1, 0.15) is 5.82 Å². The summed E-state index contributed by atoms with van der Waals surface area (Å²) >= 11 is 0. The Morgan fingerprint density at radius 2 is 1.81 bits per heavy atom. The first-order valence-corrected chi connectivity index (χ1v) is 8.60. The van der Waals surface area contributed by atoms with Gasteiger partial charge in [-0.1, -0.05) is 13.8 Å². The normalized spacial score (nSPS) is 17.4. The van der Waals surface area contributed by atoms with Gasteiger partial charge >= 0.3 is 0 Å². The van der Waals surface area contributed by atoms with Crippen molar-refractivity contribution in [3.63, 3.8) is 0 Å². The average Bonchev–Trinajstić information content (AvgIpc) is 2.49. The molecule has 0 aromatic carbocycles. The quantitative estimate of drug-likeness (QED) is 0.849. The molecule has 1 fully saturated rings. The molecule has 8 heteroatoms. The number of rotatable bonds is 5. The highest BCUT2D eigenvalue weighted by molar-refractivity contribution is 7.86. The summed E-state index contributed by atoms with van der Waals surface area (Å²) in [7, 11) is -3.34. The minimum Gasteiger partial charge on any atom is -0.397 e. The molecule has 0 saturated carbocycles. The molecule has 0 atom stereocenters. The zero-order chi connectivity index (χ0) is 15.5. The fourth-order valence-electron chi connectivity index (χ4n) is 2.45. The van der Waals surface area contributed by atoms with Gasteiger partial charge in [-0.15, -0.1) is 0 Å². The molecule has 0 unspecified atom stereocenters. The van der Waals surface area contributed by atoms with Gasteiger partial charge in [-0.25, -0.2) is 4.98 Å². The molecule has 1 aliphatic rings. The third-order valence-corrected chi connectivity index (χ3v) is 5.88. The van der Waals surface area contributed by atoms with Crippen LogP contribution in [0.2, 0.25) is 0 Å². The minimum atomic E-state index is -3.34. The van der Waals surface area contributed by atoms with Crippen molar-refractivity contribution in [2.75, 3.05) is 49.9 Å². The van der Waals surface area contributed by atoms with Crippen LogP contribution in [0, 0.1) is 0 Å². The van der Waals surface area contributed by atoms with E-state index in [0.717, 1.165) is 5.82 Å². The van der Waals surface area contributed by atoms with Crippen LogP contribution >= 0.6 is 0 Å². The fourth-order valence-corrected chi connectivity index (χ4v) is 4.05. The summed E-state index contributed by atoms with van der Waals surface area (Å²) in [6, 6.07) is 3.67. The lowest BCUT2D eigenvalue weighted by atomic mass is 10.3. The molecular formula is C13H23N5O2S. The summed E-state index contributed by atoms with van der Waals surface area (Å²) in [6.07, 6.45) is 1.62. The third-order valence-electron chi connectivity index (χ3n) is 3.69. The van der Waals surface area contributed by atoms with E-state index in [1.165, 1.54) is 4.31 Å². The van der Waals surface area contributed by atoms with Gasteiger partial charge in [-0.2, -0.15) is 17.0 Å². The predicted octanol–water partition coefficient (Wildman–Crippen LogP) is 0.372. The van der Waals surface area contributed by atoms with Crippen LogP contribution in [-0.4, -0.2) is 61.3 Å². The molecular weight excluding hydrogens is 290 g/mol. The first-order chi connectivity index (χ1) is 9.98. The fraction of sp³-hybridized carbons (Fsp3) is 0.615. The number of nitrogens with two attached hydrogens (primary N) is 1. The predicted molar refractivity (Wildman–Crippen MR) is 84.3 cm³/mol. The highest BCUT2D eigenvalue weighted by atomic mass is 32.2. The van der Waals surface area contributed by atoms with Gasteiger partial charge in [0.15, 0.2) is 0 Å². The Morgan fingerprint density at radius 3 is 2.29 bits per heavy atom. The van der Waals surface area contributed by atoms with Crippen molar-refractivity contribution in [3.05, 3.63) is 18.3 Å². The van der Waals surface area contributed by atoms with Crippen LogP contribution in [0.15, 0.2) is 18.3 Å². The third kappa shape index (κ3) is 3.45. The number of nitrogens with zero attached hydrogens (tertiary/aromatic N) is 4. The van der Waals surface area contributed by atoms with E-state index in [1.807, 2.05) is 19.9 Å². The monoisotopic (exact) mass is 313 g/mol. The summed E-state index contributed by atoms with van der Waals surface area (Å²) in [6.45, 7) is 6.94. The van der Waals surface area contributed by atoms with Crippen molar-refractivity contribution in [2.24, 2.45) is 0 Å². The Balaban J connectivity index is 2.01. The molecule has 2 heterocycles. The molecule has 0 aliphatic carbocycles.